The standard InChI is InChI=1S/C21H23FN2O2/c1-2-26-20-6-4-3-5-18(20)15-23-21(25)24-13-11-17(12-14-24)16-7-9-19(22)10-8-16/h3-11H,2,12-15H2,1H3,(H,23,25). The third-order valence-corrected chi connectivity index (χ3v) is 4.41. The Morgan fingerprint density at radius 1 is 1.19 bits per heavy atom. The molecular formula is C21H23FN2O2. The number of para-hydroxylation sites is 1. The number of rotatable bonds is 5. The number of hydrogen-bond acceptors (Lipinski definition) is 2. The molecule has 5 heteroatoms. The van der Waals surface area contributed by atoms with Gasteiger partial charge in [0, 0.05) is 25.2 Å². The highest BCUT2D eigenvalue weighted by Crippen LogP contribution is 2.23. The fourth-order valence-electron chi connectivity index (χ4n) is 3.01. The Kier molecular flexibility index (Phi) is 5.89. The van der Waals surface area contributed by atoms with Crippen LogP contribution in [0.2, 0.25) is 0 Å². The van der Waals surface area contributed by atoms with Crippen LogP contribution in [0.25, 0.3) is 5.57 Å². The van der Waals surface area contributed by atoms with E-state index in [0.717, 1.165) is 28.9 Å². The zero-order chi connectivity index (χ0) is 18.4. The summed E-state index contributed by atoms with van der Waals surface area (Å²) in [6, 6.07) is 14.1. The monoisotopic (exact) mass is 354 g/mol. The van der Waals surface area contributed by atoms with Gasteiger partial charge in [0.15, 0.2) is 0 Å². The van der Waals surface area contributed by atoms with Crippen molar-refractivity contribution in [3.05, 3.63) is 71.6 Å². The van der Waals surface area contributed by atoms with E-state index in [1.54, 1.807) is 17.0 Å². The number of nitrogens with zero attached hydrogens (tertiary/aromatic N) is 1. The van der Waals surface area contributed by atoms with Gasteiger partial charge in [-0.15, -0.1) is 0 Å². The molecule has 2 aromatic rings. The molecule has 0 bridgehead atoms. The largest absolute Gasteiger partial charge is 0.494 e. The van der Waals surface area contributed by atoms with E-state index in [1.165, 1.54) is 12.1 Å². The van der Waals surface area contributed by atoms with Gasteiger partial charge < -0.3 is 15.0 Å². The maximum absolute atomic E-state index is 13.0. The Balaban J connectivity index is 1.56. The summed E-state index contributed by atoms with van der Waals surface area (Å²) < 4.78 is 18.6. The van der Waals surface area contributed by atoms with Crippen LogP contribution < -0.4 is 10.1 Å². The molecule has 1 heterocycles. The number of amides is 2. The second kappa shape index (κ2) is 8.52. The molecule has 136 valence electrons. The normalized spacial score (nSPS) is 13.9. The van der Waals surface area contributed by atoms with Gasteiger partial charge in [-0.1, -0.05) is 36.4 Å². The Morgan fingerprint density at radius 3 is 2.65 bits per heavy atom. The molecule has 0 fully saturated rings. The van der Waals surface area contributed by atoms with E-state index in [-0.39, 0.29) is 11.8 Å². The first-order valence-electron chi connectivity index (χ1n) is 8.86. The molecule has 1 aliphatic heterocycles. The summed E-state index contributed by atoms with van der Waals surface area (Å²) in [7, 11) is 0. The smallest absolute Gasteiger partial charge is 0.317 e. The molecular weight excluding hydrogens is 331 g/mol. The van der Waals surface area contributed by atoms with E-state index in [9.17, 15) is 9.18 Å². The third-order valence-electron chi connectivity index (χ3n) is 4.41. The maximum atomic E-state index is 13.0. The van der Waals surface area contributed by atoms with Crippen molar-refractivity contribution in [2.75, 3.05) is 19.7 Å². The SMILES string of the molecule is CCOc1ccccc1CNC(=O)N1CC=C(c2ccc(F)cc2)CC1. The Hall–Kier alpha value is -2.82. The second-order valence-electron chi connectivity index (χ2n) is 6.13. The summed E-state index contributed by atoms with van der Waals surface area (Å²) >= 11 is 0. The van der Waals surface area contributed by atoms with Gasteiger partial charge in [0.2, 0.25) is 0 Å². The van der Waals surface area contributed by atoms with Gasteiger partial charge >= 0.3 is 6.03 Å². The molecule has 0 aromatic heterocycles. The van der Waals surface area contributed by atoms with Gasteiger partial charge in [0.25, 0.3) is 0 Å². The van der Waals surface area contributed by atoms with E-state index in [0.29, 0.717) is 26.2 Å². The molecule has 26 heavy (non-hydrogen) atoms. The summed E-state index contributed by atoms with van der Waals surface area (Å²) in [5, 5.41) is 2.96. The number of hydrogen-bond donors (Lipinski definition) is 1. The zero-order valence-electron chi connectivity index (χ0n) is 14.9. The highest BCUT2D eigenvalue weighted by atomic mass is 19.1. The van der Waals surface area contributed by atoms with E-state index in [4.69, 9.17) is 4.74 Å². The maximum Gasteiger partial charge on any atom is 0.317 e. The molecule has 0 aliphatic carbocycles. The summed E-state index contributed by atoms with van der Waals surface area (Å²) in [6.07, 6.45) is 2.79. The van der Waals surface area contributed by atoms with Gasteiger partial charge in [0.05, 0.1) is 6.61 Å². The number of carbonyl (C=O) groups excluding carboxylic acids is 1. The minimum atomic E-state index is -0.238. The fraction of sp³-hybridized carbons (Fsp3) is 0.286. The molecule has 2 aromatic carbocycles. The first-order chi connectivity index (χ1) is 12.7. The van der Waals surface area contributed by atoms with Gasteiger partial charge in [-0.3, -0.25) is 0 Å². The highest BCUT2D eigenvalue weighted by molar-refractivity contribution is 5.76. The predicted octanol–water partition coefficient (Wildman–Crippen LogP) is 4.22. The van der Waals surface area contributed by atoms with Gasteiger partial charge in [0.1, 0.15) is 11.6 Å². The molecule has 0 unspecified atom stereocenters. The summed E-state index contributed by atoms with van der Waals surface area (Å²) in [5.41, 5.74) is 3.12. The molecule has 0 radical (unpaired) electrons. The summed E-state index contributed by atoms with van der Waals surface area (Å²) in [4.78, 5) is 14.2. The lowest BCUT2D eigenvalue weighted by Gasteiger charge is -2.27. The van der Waals surface area contributed by atoms with Crippen molar-refractivity contribution < 1.29 is 13.9 Å². The molecule has 2 amide bonds. The first-order valence-corrected chi connectivity index (χ1v) is 8.86. The Morgan fingerprint density at radius 2 is 1.96 bits per heavy atom. The third kappa shape index (κ3) is 4.42. The van der Waals surface area contributed by atoms with Crippen LogP contribution in [0.5, 0.6) is 5.75 Å². The van der Waals surface area contributed by atoms with Crippen LogP contribution in [0.3, 0.4) is 0 Å². The number of nitrogens with one attached hydrogen (secondary N) is 1. The van der Waals surface area contributed by atoms with E-state index in [2.05, 4.69) is 5.32 Å². The molecule has 1 aliphatic rings. The molecule has 0 atom stereocenters. The Labute approximate surface area is 153 Å². The van der Waals surface area contributed by atoms with Crippen LogP contribution in [0, 0.1) is 5.82 Å². The summed E-state index contributed by atoms with van der Waals surface area (Å²) in [5.74, 6) is 0.561. The number of ether oxygens (including phenoxy) is 1. The summed E-state index contributed by atoms with van der Waals surface area (Å²) in [6.45, 7) is 4.15. The lowest BCUT2D eigenvalue weighted by molar-refractivity contribution is 0.202. The van der Waals surface area contributed by atoms with Crippen LogP contribution in [-0.2, 0) is 6.54 Å². The minimum absolute atomic E-state index is 0.0919. The van der Waals surface area contributed by atoms with Crippen molar-refractivity contribution in [2.24, 2.45) is 0 Å². The van der Waals surface area contributed by atoms with Crippen LogP contribution >= 0.6 is 0 Å². The number of carbonyl (C=O) groups is 1. The molecule has 0 saturated carbocycles. The molecule has 0 spiro atoms. The number of benzene rings is 2. The van der Waals surface area contributed by atoms with Crippen molar-refractivity contribution in [1.29, 1.82) is 0 Å². The fourth-order valence-corrected chi connectivity index (χ4v) is 3.01. The van der Waals surface area contributed by atoms with E-state index in [1.807, 2.05) is 37.3 Å². The van der Waals surface area contributed by atoms with Crippen LogP contribution in [0.1, 0.15) is 24.5 Å². The lowest BCUT2D eigenvalue weighted by atomic mass is 10.00. The average molecular weight is 354 g/mol. The topological polar surface area (TPSA) is 41.6 Å². The van der Waals surface area contributed by atoms with Crippen molar-refractivity contribution in [1.82, 2.24) is 10.2 Å². The molecule has 1 N–H and O–H groups in total. The minimum Gasteiger partial charge on any atom is -0.494 e. The first kappa shape index (κ1) is 18.0. The van der Waals surface area contributed by atoms with Crippen LogP contribution in [0.4, 0.5) is 9.18 Å². The quantitative estimate of drug-likeness (QED) is 0.873. The lowest BCUT2D eigenvalue weighted by Crippen LogP contribution is -2.41. The zero-order valence-corrected chi connectivity index (χ0v) is 14.9. The van der Waals surface area contributed by atoms with Crippen molar-refractivity contribution in [3.63, 3.8) is 0 Å². The van der Waals surface area contributed by atoms with Gasteiger partial charge in [-0.05, 0) is 42.7 Å². The average Bonchev–Trinajstić information content (AvgIpc) is 2.68. The van der Waals surface area contributed by atoms with Crippen LogP contribution in [0.15, 0.2) is 54.6 Å². The van der Waals surface area contributed by atoms with Gasteiger partial charge in [-0.2, -0.15) is 0 Å². The predicted molar refractivity (Wildman–Crippen MR) is 100 cm³/mol. The van der Waals surface area contributed by atoms with Crippen LogP contribution in [-0.4, -0.2) is 30.6 Å². The molecule has 4 nitrogen and oxygen atoms in total. The van der Waals surface area contributed by atoms with Gasteiger partial charge in [-0.25, -0.2) is 9.18 Å². The van der Waals surface area contributed by atoms with Crippen molar-refractivity contribution in [3.8, 4) is 5.75 Å². The van der Waals surface area contributed by atoms with Crippen molar-refractivity contribution >= 4 is 11.6 Å². The number of halogens is 1. The van der Waals surface area contributed by atoms with E-state index < -0.39 is 0 Å². The molecule has 3 rings (SSSR count). The second-order valence-corrected chi connectivity index (χ2v) is 6.13. The van der Waals surface area contributed by atoms with Crippen molar-refractivity contribution in [2.45, 2.75) is 19.9 Å². The Bertz CT molecular complexity index is 787. The van der Waals surface area contributed by atoms with E-state index >= 15 is 0 Å². The number of urea groups is 1. The highest BCUT2D eigenvalue weighted by Gasteiger charge is 2.18. The molecule has 0 saturated heterocycles.